The van der Waals surface area contributed by atoms with Crippen LogP contribution in [0.3, 0.4) is 0 Å². The number of carbonyl (C=O) groups excluding carboxylic acids is 2. The molecule has 0 unspecified atom stereocenters. The van der Waals surface area contributed by atoms with Crippen LogP contribution in [0.25, 0.3) is 0 Å². The van der Waals surface area contributed by atoms with Gasteiger partial charge >= 0.3 is 0 Å². The van der Waals surface area contributed by atoms with Crippen molar-refractivity contribution in [3.05, 3.63) is 63.1 Å². The molecule has 3 N–H and O–H groups in total. The third-order valence-corrected chi connectivity index (χ3v) is 8.71. The van der Waals surface area contributed by atoms with Gasteiger partial charge in [0.05, 0.1) is 22.7 Å². The van der Waals surface area contributed by atoms with Gasteiger partial charge in [0.25, 0.3) is 0 Å². The molecule has 3 aliphatic heterocycles. The molecule has 0 aromatic heterocycles. The second kappa shape index (κ2) is 10.7. The third kappa shape index (κ3) is 4.38. The molecule has 2 aromatic rings. The first-order chi connectivity index (χ1) is 18.2. The maximum atomic E-state index is 14.9. The molecule has 0 radical (unpaired) electrons. The Kier molecular flexibility index (Phi) is 7.68. The quantitative estimate of drug-likeness (QED) is 0.498. The Morgan fingerprint density at radius 2 is 1.82 bits per heavy atom. The number of aliphatic hydroxyl groups excluding tert-OH is 1. The minimum absolute atomic E-state index is 0.0435. The summed E-state index contributed by atoms with van der Waals surface area (Å²) in [5.74, 6) is -2.62. The summed E-state index contributed by atoms with van der Waals surface area (Å²) in [5.41, 5.74) is -0.0213. The molecule has 0 bridgehead atoms. The first-order valence-electron chi connectivity index (χ1n) is 12.9. The minimum Gasteiger partial charge on any atom is -0.395 e. The van der Waals surface area contributed by atoms with Crippen LogP contribution in [0.1, 0.15) is 36.8 Å². The monoisotopic (exact) mass is 566 g/mol. The van der Waals surface area contributed by atoms with Gasteiger partial charge in [-0.2, -0.15) is 0 Å². The van der Waals surface area contributed by atoms with E-state index < -0.39 is 35.1 Å². The van der Waals surface area contributed by atoms with E-state index in [1.165, 1.54) is 24.3 Å². The number of halogens is 4. The number of hydrogen-bond acceptors (Lipinski definition) is 5. The van der Waals surface area contributed by atoms with Gasteiger partial charge in [-0.3, -0.25) is 14.5 Å². The zero-order chi connectivity index (χ0) is 27.2. The molecule has 2 fully saturated rings. The van der Waals surface area contributed by atoms with E-state index in [-0.39, 0.29) is 28.5 Å². The van der Waals surface area contributed by atoms with Gasteiger partial charge in [0.2, 0.25) is 11.8 Å². The van der Waals surface area contributed by atoms with Crippen molar-refractivity contribution >= 4 is 40.7 Å². The SMILES string of the molecule is CCC[C@H]1N[C@@H](C(=O)N2CCN(CCO)CC2)[C@H](c2ccc(F)c(Cl)c2)[C@@]12C(=O)Nc1cc(Cl)c(F)cc12. The molecule has 2 aromatic carbocycles. The fourth-order valence-electron chi connectivity index (χ4n) is 6.42. The summed E-state index contributed by atoms with van der Waals surface area (Å²) >= 11 is 12.3. The van der Waals surface area contributed by atoms with Crippen LogP contribution in [0.5, 0.6) is 0 Å². The number of rotatable bonds is 6. The number of nitrogens with zero attached hydrogens (tertiary/aromatic N) is 2. The van der Waals surface area contributed by atoms with E-state index in [1.807, 2.05) is 6.92 Å². The van der Waals surface area contributed by atoms with Crippen LogP contribution in [0.2, 0.25) is 10.0 Å². The van der Waals surface area contributed by atoms with Gasteiger partial charge < -0.3 is 20.6 Å². The average Bonchev–Trinajstić information content (AvgIpc) is 3.37. The molecule has 3 aliphatic rings. The van der Waals surface area contributed by atoms with Crippen LogP contribution in [-0.4, -0.2) is 78.1 Å². The van der Waals surface area contributed by atoms with Crippen molar-refractivity contribution in [1.29, 1.82) is 0 Å². The number of piperazine rings is 1. The molecule has 0 saturated carbocycles. The lowest BCUT2D eigenvalue weighted by molar-refractivity contribution is -0.135. The fraction of sp³-hybridized carbons (Fsp3) is 0.481. The summed E-state index contributed by atoms with van der Waals surface area (Å²) in [7, 11) is 0. The Balaban J connectivity index is 1.64. The lowest BCUT2D eigenvalue weighted by Crippen LogP contribution is -2.54. The highest BCUT2D eigenvalue weighted by Crippen LogP contribution is 2.56. The molecule has 3 heterocycles. The van der Waals surface area contributed by atoms with Crippen LogP contribution >= 0.6 is 23.2 Å². The maximum absolute atomic E-state index is 14.9. The smallest absolute Gasteiger partial charge is 0.240 e. The Morgan fingerprint density at radius 3 is 2.47 bits per heavy atom. The van der Waals surface area contributed by atoms with Gasteiger partial charge in [-0.15, -0.1) is 0 Å². The fourth-order valence-corrected chi connectivity index (χ4v) is 6.78. The Hall–Kier alpha value is -2.30. The van der Waals surface area contributed by atoms with E-state index >= 15 is 0 Å². The molecule has 4 atom stereocenters. The van der Waals surface area contributed by atoms with Crippen LogP contribution in [-0.2, 0) is 15.0 Å². The van der Waals surface area contributed by atoms with E-state index in [4.69, 9.17) is 23.2 Å². The van der Waals surface area contributed by atoms with Gasteiger partial charge in [0, 0.05) is 50.4 Å². The number of nitrogens with one attached hydrogen (secondary N) is 2. The number of benzene rings is 2. The van der Waals surface area contributed by atoms with Crippen LogP contribution in [0.15, 0.2) is 30.3 Å². The van der Waals surface area contributed by atoms with E-state index in [0.29, 0.717) is 62.4 Å². The number of hydrogen-bond donors (Lipinski definition) is 3. The third-order valence-electron chi connectivity index (χ3n) is 8.13. The van der Waals surface area contributed by atoms with Gasteiger partial charge in [-0.1, -0.05) is 42.6 Å². The number of fused-ring (bicyclic) bond motifs is 2. The highest BCUT2D eigenvalue weighted by Gasteiger charge is 2.65. The number of carbonyl (C=O) groups is 2. The zero-order valence-electron chi connectivity index (χ0n) is 20.9. The lowest BCUT2D eigenvalue weighted by Gasteiger charge is -2.38. The molecular weight excluding hydrogens is 537 g/mol. The molecule has 5 rings (SSSR count). The normalized spacial score (nSPS) is 27.2. The minimum atomic E-state index is -1.35. The summed E-state index contributed by atoms with van der Waals surface area (Å²) in [6.07, 6.45) is 1.24. The van der Waals surface area contributed by atoms with Crippen molar-refractivity contribution in [2.75, 3.05) is 44.6 Å². The average molecular weight is 567 g/mol. The molecule has 11 heteroatoms. The number of β-amino-alcohol motifs (C(OH)–C–C–N with tert-alkyl or cyclic N) is 1. The topological polar surface area (TPSA) is 84.9 Å². The second-order valence-corrected chi connectivity index (χ2v) is 11.0. The van der Waals surface area contributed by atoms with Crippen molar-refractivity contribution in [1.82, 2.24) is 15.1 Å². The molecular formula is C27H30Cl2F2N4O3. The lowest BCUT2D eigenvalue weighted by atomic mass is 9.64. The van der Waals surface area contributed by atoms with E-state index in [2.05, 4.69) is 15.5 Å². The van der Waals surface area contributed by atoms with Crippen LogP contribution < -0.4 is 10.6 Å². The summed E-state index contributed by atoms with van der Waals surface area (Å²) in [6, 6.07) is 5.55. The standard InChI is InChI=1S/C27H30Cl2F2N4O3/c1-2-3-22-27(16-13-20(31)18(29)14-21(16)32-26(27)38)23(15-4-5-19(30)17(28)12-15)24(33-22)25(37)35-8-6-34(7-9-35)10-11-36/h4-5,12-14,22-24,33,36H,2-3,6-11H2,1H3,(H,32,38)/t22-,23+,24-,27+/m1/s1. The van der Waals surface area contributed by atoms with E-state index in [1.54, 1.807) is 11.0 Å². The molecule has 1 spiro atoms. The van der Waals surface area contributed by atoms with Crippen molar-refractivity contribution in [2.24, 2.45) is 0 Å². The highest BCUT2D eigenvalue weighted by molar-refractivity contribution is 6.31. The largest absolute Gasteiger partial charge is 0.395 e. The summed E-state index contributed by atoms with van der Waals surface area (Å²) in [4.78, 5) is 31.9. The van der Waals surface area contributed by atoms with Crippen LogP contribution in [0, 0.1) is 11.6 Å². The van der Waals surface area contributed by atoms with Crippen molar-refractivity contribution in [2.45, 2.75) is 43.2 Å². The summed E-state index contributed by atoms with van der Waals surface area (Å²) in [5, 5.41) is 15.4. The number of anilines is 1. The van der Waals surface area contributed by atoms with Gasteiger partial charge in [-0.05, 0) is 41.8 Å². The first kappa shape index (κ1) is 27.3. The van der Waals surface area contributed by atoms with Crippen molar-refractivity contribution in [3.63, 3.8) is 0 Å². The second-order valence-electron chi connectivity index (χ2n) is 10.2. The predicted molar refractivity (Wildman–Crippen MR) is 142 cm³/mol. The van der Waals surface area contributed by atoms with Gasteiger partial charge in [-0.25, -0.2) is 8.78 Å². The molecule has 38 heavy (non-hydrogen) atoms. The van der Waals surface area contributed by atoms with Crippen molar-refractivity contribution in [3.8, 4) is 0 Å². The number of amides is 2. The molecule has 204 valence electrons. The molecule has 2 saturated heterocycles. The Bertz CT molecular complexity index is 1260. The highest BCUT2D eigenvalue weighted by atomic mass is 35.5. The van der Waals surface area contributed by atoms with E-state index in [0.717, 1.165) is 0 Å². The first-order valence-corrected chi connectivity index (χ1v) is 13.6. The summed E-state index contributed by atoms with van der Waals surface area (Å²) < 4.78 is 29.1. The van der Waals surface area contributed by atoms with Gasteiger partial charge in [0.15, 0.2) is 0 Å². The summed E-state index contributed by atoms with van der Waals surface area (Å²) in [6.45, 7) is 4.71. The van der Waals surface area contributed by atoms with Gasteiger partial charge in [0.1, 0.15) is 17.0 Å². The zero-order valence-corrected chi connectivity index (χ0v) is 22.5. The predicted octanol–water partition coefficient (Wildman–Crippen LogP) is 3.52. The number of aliphatic hydroxyl groups is 1. The maximum Gasteiger partial charge on any atom is 0.240 e. The Labute approximate surface area is 230 Å². The Morgan fingerprint density at radius 1 is 1.11 bits per heavy atom. The van der Waals surface area contributed by atoms with E-state index in [9.17, 15) is 23.5 Å². The molecule has 7 nitrogen and oxygen atoms in total. The molecule has 2 amide bonds. The molecule has 0 aliphatic carbocycles. The van der Waals surface area contributed by atoms with Crippen molar-refractivity contribution < 1.29 is 23.5 Å². The van der Waals surface area contributed by atoms with Crippen LogP contribution in [0.4, 0.5) is 14.5 Å².